The number of nitrogens with zero attached hydrogens (tertiary/aromatic N) is 2. The topological polar surface area (TPSA) is 52.2 Å². The number of fused-ring (bicyclic) bond motifs is 3. The van der Waals surface area contributed by atoms with Gasteiger partial charge >= 0.3 is 0 Å². The molecular formula is C22H27N3O. The number of aliphatic hydroxyl groups is 1. The first kappa shape index (κ1) is 17.3. The molecule has 4 nitrogen and oxygen atoms in total. The monoisotopic (exact) mass is 349 g/mol. The average Bonchev–Trinajstić information content (AvgIpc) is 2.85. The molecule has 2 aromatic heterocycles. The highest BCUT2D eigenvalue weighted by Gasteiger charge is 2.26. The number of H-pyrrole nitrogens is 1. The van der Waals surface area contributed by atoms with E-state index in [-0.39, 0.29) is 0 Å². The van der Waals surface area contributed by atoms with E-state index in [1.165, 1.54) is 33.3 Å². The summed E-state index contributed by atoms with van der Waals surface area (Å²) in [6.07, 6.45) is 6.19. The maximum Gasteiger partial charge on any atom is 0.0924 e. The Balaban J connectivity index is 1.78. The lowest BCUT2D eigenvalue weighted by atomic mass is 9.88. The van der Waals surface area contributed by atoms with Crippen LogP contribution in [0.1, 0.15) is 34.9 Å². The maximum absolute atomic E-state index is 11.1. The number of benzene rings is 1. The molecule has 3 heterocycles. The summed E-state index contributed by atoms with van der Waals surface area (Å²) >= 11 is 0. The summed E-state index contributed by atoms with van der Waals surface area (Å²) in [7, 11) is 2.19. The zero-order chi connectivity index (χ0) is 18.3. The van der Waals surface area contributed by atoms with Gasteiger partial charge in [0, 0.05) is 60.5 Å². The molecule has 0 aliphatic carbocycles. The molecule has 0 bridgehead atoms. The Kier molecular flexibility index (Phi) is 4.33. The smallest absolute Gasteiger partial charge is 0.0924 e. The minimum atomic E-state index is -0.947. The van der Waals surface area contributed by atoms with Crippen LogP contribution in [0, 0.1) is 6.92 Å². The minimum Gasteiger partial charge on any atom is -0.385 e. The Morgan fingerprint density at radius 2 is 2.08 bits per heavy atom. The molecule has 1 aliphatic heterocycles. The van der Waals surface area contributed by atoms with E-state index in [2.05, 4.69) is 41.0 Å². The second-order valence-electron chi connectivity index (χ2n) is 7.92. The van der Waals surface area contributed by atoms with Gasteiger partial charge in [-0.2, -0.15) is 0 Å². The van der Waals surface area contributed by atoms with Crippen LogP contribution in [0.15, 0.2) is 36.7 Å². The second kappa shape index (κ2) is 6.53. The van der Waals surface area contributed by atoms with Crippen molar-refractivity contribution in [1.29, 1.82) is 0 Å². The lowest BCUT2D eigenvalue weighted by Gasteiger charge is -2.24. The molecule has 0 fully saturated rings. The summed E-state index contributed by atoms with van der Waals surface area (Å²) < 4.78 is 0. The van der Waals surface area contributed by atoms with Crippen molar-refractivity contribution in [2.24, 2.45) is 0 Å². The van der Waals surface area contributed by atoms with Gasteiger partial charge in [0.2, 0.25) is 0 Å². The van der Waals surface area contributed by atoms with Crippen molar-refractivity contribution in [3.8, 4) is 0 Å². The van der Waals surface area contributed by atoms with Crippen LogP contribution < -0.4 is 0 Å². The Morgan fingerprint density at radius 1 is 1.27 bits per heavy atom. The van der Waals surface area contributed by atoms with E-state index in [1.54, 1.807) is 12.4 Å². The molecule has 4 heteroatoms. The summed E-state index contributed by atoms with van der Waals surface area (Å²) in [5.41, 5.74) is 6.33. The zero-order valence-corrected chi connectivity index (χ0v) is 15.8. The van der Waals surface area contributed by atoms with Crippen molar-refractivity contribution in [2.75, 3.05) is 20.1 Å². The van der Waals surface area contributed by atoms with E-state index in [4.69, 9.17) is 0 Å². The van der Waals surface area contributed by atoms with Crippen molar-refractivity contribution in [3.63, 3.8) is 0 Å². The van der Waals surface area contributed by atoms with Gasteiger partial charge in [-0.25, -0.2) is 0 Å². The van der Waals surface area contributed by atoms with Gasteiger partial charge in [0.25, 0.3) is 0 Å². The number of nitrogens with one attached hydrogen (secondary N) is 1. The van der Waals surface area contributed by atoms with Crippen molar-refractivity contribution < 1.29 is 5.11 Å². The van der Waals surface area contributed by atoms with Crippen molar-refractivity contribution in [2.45, 2.75) is 38.7 Å². The lowest BCUT2D eigenvalue weighted by Crippen LogP contribution is -2.24. The van der Waals surface area contributed by atoms with Gasteiger partial charge in [0.15, 0.2) is 0 Å². The van der Waals surface area contributed by atoms with Gasteiger partial charge in [-0.1, -0.05) is 17.7 Å². The molecule has 26 heavy (non-hydrogen) atoms. The standard InChI is InChI=1S/C22H27N3O/c1-15-11-16(13-22(2,26)17-5-4-8-23-14-17)21-19(12-15)18-6-9-25(3)10-7-20(18)24-21/h4-5,8,11-12,14,24,26H,6-7,9-10,13H2,1-3H3. The van der Waals surface area contributed by atoms with Crippen LogP contribution in [0.5, 0.6) is 0 Å². The third-order valence-corrected chi connectivity index (χ3v) is 5.63. The first-order valence-corrected chi connectivity index (χ1v) is 9.38. The van der Waals surface area contributed by atoms with Crippen molar-refractivity contribution in [1.82, 2.24) is 14.9 Å². The number of aromatic nitrogens is 2. The Morgan fingerprint density at radius 3 is 2.85 bits per heavy atom. The molecule has 1 unspecified atom stereocenters. The van der Waals surface area contributed by atoms with E-state index in [1.807, 2.05) is 19.1 Å². The highest BCUT2D eigenvalue weighted by atomic mass is 16.3. The summed E-state index contributed by atoms with van der Waals surface area (Å²) in [6, 6.07) is 8.32. The highest BCUT2D eigenvalue weighted by Crippen LogP contribution is 2.33. The van der Waals surface area contributed by atoms with Crippen molar-refractivity contribution in [3.05, 3.63) is 64.6 Å². The minimum absolute atomic E-state index is 0.566. The summed E-state index contributed by atoms with van der Waals surface area (Å²) in [5, 5.41) is 12.4. The number of hydrogen-bond acceptors (Lipinski definition) is 3. The molecule has 0 saturated heterocycles. The predicted molar refractivity (Wildman–Crippen MR) is 105 cm³/mol. The largest absolute Gasteiger partial charge is 0.385 e. The molecule has 2 N–H and O–H groups in total. The fourth-order valence-corrected chi connectivity index (χ4v) is 4.15. The zero-order valence-electron chi connectivity index (χ0n) is 15.8. The number of likely N-dealkylation sites (N-methyl/N-ethyl adjacent to an activating group) is 1. The molecule has 0 radical (unpaired) electrons. The van der Waals surface area contributed by atoms with E-state index in [9.17, 15) is 5.11 Å². The molecule has 0 amide bonds. The van der Waals surface area contributed by atoms with Crippen LogP contribution in [0.2, 0.25) is 0 Å². The first-order valence-electron chi connectivity index (χ1n) is 9.38. The fourth-order valence-electron chi connectivity index (χ4n) is 4.15. The van der Waals surface area contributed by atoms with E-state index < -0.39 is 5.60 Å². The van der Waals surface area contributed by atoms with Crippen LogP contribution in [0.3, 0.4) is 0 Å². The summed E-state index contributed by atoms with van der Waals surface area (Å²) in [5.74, 6) is 0. The van der Waals surface area contributed by atoms with Gasteiger partial charge in [-0.05, 0) is 50.6 Å². The Labute approximate surface area is 154 Å². The van der Waals surface area contributed by atoms with Gasteiger partial charge in [-0.15, -0.1) is 0 Å². The molecule has 136 valence electrons. The van der Waals surface area contributed by atoms with Crippen molar-refractivity contribution >= 4 is 10.9 Å². The predicted octanol–water partition coefficient (Wildman–Crippen LogP) is 3.35. The normalized spacial score (nSPS) is 17.7. The number of aromatic amines is 1. The van der Waals surface area contributed by atoms with Crippen LogP contribution in [0.25, 0.3) is 10.9 Å². The van der Waals surface area contributed by atoms with Crippen LogP contribution in [-0.4, -0.2) is 40.1 Å². The van der Waals surface area contributed by atoms with E-state index >= 15 is 0 Å². The van der Waals surface area contributed by atoms with Gasteiger partial charge < -0.3 is 15.0 Å². The number of aryl methyl sites for hydroxylation is 1. The fraction of sp³-hybridized carbons (Fsp3) is 0.409. The second-order valence-corrected chi connectivity index (χ2v) is 7.92. The number of pyridine rings is 1. The van der Waals surface area contributed by atoms with E-state index in [0.717, 1.165) is 31.5 Å². The molecule has 1 aromatic carbocycles. The molecule has 1 aliphatic rings. The third-order valence-electron chi connectivity index (χ3n) is 5.63. The summed E-state index contributed by atoms with van der Waals surface area (Å²) in [6.45, 7) is 6.20. The van der Waals surface area contributed by atoms with Crippen LogP contribution in [0.4, 0.5) is 0 Å². The lowest BCUT2D eigenvalue weighted by molar-refractivity contribution is 0.0575. The van der Waals surface area contributed by atoms with Gasteiger partial charge in [0.1, 0.15) is 0 Å². The highest BCUT2D eigenvalue weighted by molar-refractivity contribution is 5.88. The first-order chi connectivity index (χ1) is 12.4. The molecule has 4 rings (SSSR count). The van der Waals surface area contributed by atoms with E-state index in [0.29, 0.717) is 6.42 Å². The molecule has 0 saturated carbocycles. The SMILES string of the molecule is Cc1cc(CC(C)(O)c2cccnc2)c2[nH]c3c(c2c1)CCN(C)CC3. The Bertz CT molecular complexity index is 927. The quantitative estimate of drug-likeness (QED) is 0.762. The van der Waals surface area contributed by atoms with Gasteiger partial charge in [-0.3, -0.25) is 4.98 Å². The van der Waals surface area contributed by atoms with Crippen LogP contribution in [-0.2, 0) is 24.9 Å². The number of rotatable bonds is 3. The molecular weight excluding hydrogens is 322 g/mol. The third kappa shape index (κ3) is 3.15. The molecule has 3 aromatic rings. The van der Waals surface area contributed by atoms with Crippen LogP contribution >= 0.6 is 0 Å². The van der Waals surface area contributed by atoms with Gasteiger partial charge in [0.05, 0.1) is 5.60 Å². The molecule has 0 spiro atoms. The number of hydrogen-bond donors (Lipinski definition) is 2. The average molecular weight is 349 g/mol. The summed E-state index contributed by atoms with van der Waals surface area (Å²) in [4.78, 5) is 10.3. The maximum atomic E-state index is 11.1. The molecule has 1 atom stereocenters. The Hall–Kier alpha value is -2.17.